The number of fused-ring (bicyclic) bond motifs is 1. The van der Waals surface area contributed by atoms with Crippen LogP contribution >= 0.6 is 11.3 Å². The second-order valence-electron chi connectivity index (χ2n) is 3.82. The Morgan fingerprint density at radius 1 is 1.11 bits per heavy atom. The molecule has 5 heteroatoms. The first kappa shape index (κ1) is 11.7. The number of benzene rings is 2. The smallest absolute Gasteiger partial charge is 0.396 e. The van der Waals surface area contributed by atoms with Gasteiger partial charge in [-0.15, -0.1) is 0 Å². The van der Waals surface area contributed by atoms with E-state index in [1.165, 1.54) is 6.07 Å². The molecule has 2 aromatic carbocycles. The Bertz CT molecular complexity index is 786. The minimum Gasteiger partial charge on any atom is -0.423 e. The highest BCUT2D eigenvalue weighted by atomic mass is 32.1. The third kappa shape index (κ3) is 2.41. The zero-order valence-corrected chi connectivity index (χ0v) is 10.5. The van der Waals surface area contributed by atoms with Crippen LogP contribution in [-0.2, 0) is 0 Å². The van der Waals surface area contributed by atoms with Crippen molar-refractivity contribution < 1.29 is 13.9 Å². The van der Waals surface area contributed by atoms with E-state index in [9.17, 15) is 9.59 Å². The van der Waals surface area contributed by atoms with E-state index in [4.69, 9.17) is 9.15 Å². The van der Waals surface area contributed by atoms with Crippen molar-refractivity contribution in [3.63, 3.8) is 0 Å². The van der Waals surface area contributed by atoms with Crippen LogP contribution in [-0.4, -0.2) is 5.97 Å². The number of rotatable bonds is 2. The topological polar surface area (TPSA) is 56.5 Å². The van der Waals surface area contributed by atoms with Gasteiger partial charge in [0.15, 0.2) is 5.58 Å². The van der Waals surface area contributed by atoms with Crippen molar-refractivity contribution in [2.24, 2.45) is 0 Å². The summed E-state index contributed by atoms with van der Waals surface area (Å²) >= 11 is 1.01. The zero-order valence-electron chi connectivity index (χ0n) is 9.66. The SMILES string of the molecule is O=C(Oc1ccc2sc(=O)oc2c1)c1ccccc1. The Morgan fingerprint density at radius 3 is 2.68 bits per heavy atom. The molecule has 0 aliphatic carbocycles. The molecule has 1 heterocycles. The second kappa shape index (κ2) is 4.70. The van der Waals surface area contributed by atoms with Gasteiger partial charge in [0.05, 0.1) is 10.3 Å². The largest absolute Gasteiger partial charge is 0.423 e. The molecule has 0 bridgehead atoms. The number of carbonyl (C=O) groups is 1. The molecule has 0 spiro atoms. The van der Waals surface area contributed by atoms with Gasteiger partial charge in [0.25, 0.3) is 0 Å². The minimum atomic E-state index is -0.447. The summed E-state index contributed by atoms with van der Waals surface area (Å²) in [5.41, 5.74) is 0.891. The third-order valence-corrected chi connectivity index (χ3v) is 3.33. The summed E-state index contributed by atoms with van der Waals surface area (Å²) in [5.74, 6) is -0.0968. The molecule has 3 aromatic rings. The fourth-order valence-corrected chi connectivity index (χ4v) is 2.30. The lowest BCUT2D eigenvalue weighted by atomic mass is 10.2. The Labute approximate surface area is 111 Å². The van der Waals surface area contributed by atoms with Gasteiger partial charge >= 0.3 is 10.9 Å². The van der Waals surface area contributed by atoms with E-state index < -0.39 is 5.97 Å². The Balaban J connectivity index is 1.89. The molecule has 19 heavy (non-hydrogen) atoms. The molecular weight excluding hydrogens is 264 g/mol. The van der Waals surface area contributed by atoms with E-state index in [2.05, 4.69) is 0 Å². The summed E-state index contributed by atoms with van der Waals surface area (Å²) in [4.78, 5) is 22.6. The van der Waals surface area contributed by atoms with E-state index in [0.29, 0.717) is 16.9 Å². The van der Waals surface area contributed by atoms with Gasteiger partial charge in [-0.05, 0) is 24.3 Å². The molecule has 0 atom stereocenters. The lowest BCUT2D eigenvalue weighted by Crippen LogP contribution is -2.07. The van der Waals surface area contributed by atoms with Crippen LogP contribution in [0.15, 0.2) is 57.7 Å². The van der Waals surface area contributed by atoms with Crippen molar-refractivity contribution in [3.05, 3.63) is 63.8 Å². The maximum atomic E-state index is 11.8. The van der Waals surface area contributed by atoms with Gasteiger partial charge in [-0.25, -0.2) is 9.59 Å². The molecule has 3 rings (SSSR count). The van der Waals surface area contributed by atoms with Crippen LogP contribution in [0.2, 0.25) is 0 Å². The molecule has 0 amide bonds. The molecule has 0 saturated heterocycles. The highest BCUT2D eigenvalue weighted by Crippen LogP contribution is 2.23. The minimum absolute atomic E-state index is 0.350. The highest BCUT2D eigenvalue weighted by Gasteiger charge is 2.09. The number of carbonyl (C=O) groups excluding carboxylic acids is 1. The van der Waals surface area contributed by atoms with Crippen LogP contribution in [0.3, 0.4) is 0 Å². The predicted molar refractivity (Wildman–Crippen MR) is 71.8 cm³/mol. The van der Waals surface area contributed by atoms with Crippen LogP contribution in [0.25, 0.3) is 10.3 Å². The molecule has 0 unspecified atom stereocenters. The van der Waals surface area contributed by atoms with Crippen LogP contribution in [0, 0.1) is 0 Å². The van der Waals surface area contributed by atoms with Crippen LogP contribution in [0.1, 0.15) is 10.4 Å². The fraction of sp³-hybridized carbons (Fsp3) is 0. The summed E-state index contributed by atoms with van der Waals surface area (Å²) in [6, 6.07) is 13.6. The van der Waals surface area contributed by atoms with Gasteiger partial charge in [0, 0.05) is 6.07 Å². The maximum absolute atomic E-state index is 11.8. The fourth-order valence-electron chi connectivity index (χ4n) is 1.66. The van der Waals surface area contributed by atoms with Crippen LogP contribution in [0.4, 0.5) is 0 Å². The molecule has 4 nitrogen and oxygen atoms in total. The van der Waals surface area contributed by atoms with Gasteiger partial charge in [0.1, 0.15) is 5.75 Å². The van der Waals surface area contributed by atoms with E-state index in [0.717, 1.165) is 16.0 Å². The summed E-state index contributed by atoms with van der Waals surface area (Å²) in [7, 11) is 0. The molecule has 0 saturated carbocycles. The van der Waals surface area contributed by atoms with Gasteiger partial charge in [-0.1, -0.05) is 29.5 Å². The molecule has 0 fully saturated rings. The first-order valence-corrected chi connectivity index (χ1v) is 6.35. The van der Waals surface area contributed by atoms with Gasteiger partial charge in [0.2, 0.25) is 0 Å². The predicted octanol–water partition coefficient (Wildman–Crippen LogP) is 3.07. The van der Waals surface area contributed by atoms with Crippen LogP contribution < -0.4 is 9.68 Å². The lowest BCUT2D eigenvalue weighted by Gasteiger charge is -2.03. The average molecular weight is 272 g/mol. The van der Waals surface area contributed by atoms with Crippen molar-refractivity contribution in [1.29, 1.82) is 0 Å². The lowest BCUT2D eigenvalue weighted by molar-refractivity contribution is 0.0735. The first-order valence-electron chi connectivity index (χ1n) is 5.53. The van der Waals surface area contributed by atoms with Crippen LogP contribution in [0.5, 0.6) is 5.75 Å². The summed E-state index contributed by atoms with van der Waals surface area (Å²) in [6.45, 7) is 0. The molecule has 1 aromatic heterocycles. The molecule has 0 aliphatic rings. The molecule has 94 valence electrons. The van der Waals surface area contributed by atoms with Gasteiger partial charge in [-0.2, -0.15) is 0 Å². The Morgan fingerprint density at radius 2 is 1.89 bits per heavy atom. The Kier molecular flexibility index (Phi) is 2.89. The maximum Gasteiger partial charge on any atom is 0.396 e. The van der Waals surface area contributed by atoms with Crippen molar-refractivity contribution in [2.75, 3.05) is 0 Å². The van der Waals surface area contributed by atoms with Crippen molar-refractivity contribution in [1.82, 2.24) is 0 Å². The quantitative estimate of drug-likeness (QED) is 0.531. The normalized spacial score (nSPS) is 10.5. The standard InChI is InChI=1S/C14H8O4S/c15-13(9-4-2-1-3-5-9)17-10-6-7-12-11(8-10)18-14(16)19-12/h1-8H. The van der Waals surface area contributed by atoms with Crippen molar-refractivity contribution in [2.45, 2.75) is 0 Å². The van der Waals surface area contributed by atoms with E-state index in [1.54, 1.807) is 36.4 Å². The molecular formula is C14H8O4S. The monoisotopic (exact) mass is 272 g/mol. The van der Waals surface area contributed by atoms with E-state index in [-0.39, 0.29) is 4.94 Å². The number of esters is 1. The second-order valence-corrected chi connectivity index (χ2v) is 4.80. The summed E-state index contributed by atoms with van der Waals surface area (Å²) < 4.78 is 10.9. The molecule has 0 radical (unpaired) electrons. The number of ether oxygens (including phenoxy) is 1. The van der Waals surface area contributed by atoms with Gasteiger partial charge < -0.3 is 9.15 Å². The highest BCUT2D eigenvalue weighted by molar-refractivity contribution is 7.16. The average Bonchev–Trinajstić information content (AvgIpc) is 2.79. The third-order valence-electron chi connectivity index (χ3n) is 2.52. The van der Waals surface area contributed by atoms with Crippen molar-refractivity contribution >= 4 is 27.6 Å². The first-order chi connectivity index (χ1) is 9.22. The Hall–Kier alpha value is -2.40. The summed E-state index contributed by atoms with van der Waals surface area (Å²) in [6.07, 6.45) is 0. The molecule has 0 N–H and O–H groups in total. The van der Waals surface area contributed by atoms with E-state index >= 15 is 0 Å². The van der Waals surface area contributed by atoms with Crippen molar-refractivity contribution in [3.8, 4) is 5.75 Å². The van der Waals surface area contributed by atoms with E-state index in [1.807, 2.05) is 6.07 Å². The molecule has 0 aliphatic heterocycles. The number of hydrogen-bond acceptors (Lipinski definition) is 5. The van der Waals surface area contributed by atoms with Gasteiger partial charge in [-0.3, -0.25) is 0 Å². The zero-order chi connectivity index (χ0) is 13.2. The summed E-state index contributed by atoms with van der Waals surface area (Å²) in [5, 5.41) is 0. The number of hydrogen-bond donors (Lipinski definition) is 0.